The molecule has 1 fully saturated rings. The van der Waals surface area contributed by atoms with Crippen molar-refractivity contribution in [1.29, 1.82) is 0 Å². The molecule has 1 aromatic heterocycles. The first-order chi connectivity index (χ1) is 8.33. The molecule has 2 N–H and O–H groups in total. The van der Waals surface area contributed by atoms with Gasteiger partial charge >= 0.3 is 0 Å². The average molecular weight is 251 g/mol. The first-order valence-corrected chi connectivity index (χ1v) is 7.15. The van der Waals surface area contributed by atoms with Gasteiger partial charge in [0.05, 0.1) is 5.69 Å². The molecular formula is C12H17N3OS. The monoisotopic (exact) mass is 251 g/mol. The number of nitrogens with one attached hydrogen (secondary N) is 2. The molecule has 17 heavy (non-hydrogen) atoms. The second kappa shape index (κ2) is 4.74. The molecule has 1 aliphatic heterocycles. The van der Waals surface area contributed by atoms with E-state index in [1.807, 2.05) is 0 Å². The largest absolute Gasteiger partial charge is 0.311 e. The predicted molar refractivity (Wildman–Crippen MR) is 68.1 cm³/mol. The first kappa shape index (κ1) is 11.2. The standard InChI is InChI=1S/C12H17N3OS/c16-11(8-3-1-2-4-8)15-12-14-9-5-6-13-7-10(9)17-12/h8,13H,1-7H2,(H,14,15,16). The van der Waals surface area contributed by atoms with Gasteiger partial charge in [-0.2, -0.15) is 0 Å². The average Bonchev–Trinajstić information content (AvgIpc) is 2.97. The molecule has 1 aliphatic carbocycles. The van der Waals surface area contributed by atoms with Crippen LogP contribution in [0.4, 0.5) is 5.13 Å². The molecule has 0 saturated heterocycles. The smallest absolute Gasteiger partial charge is 0.229 e. The summed E-state index contributed by atoms with van der Waals surface area (Å²) in [5, 5.41) is 7.09. The topological polar surface area (TPSA) is 54.0 Å². The van der Waals surface area contributed by atoms with E-state index < -0.39 is 0 Å². The lowest BCUT2D eigenvalue weighted by atomic mass is 10.1. The van der Waals surface area contributed by atoms with Crippen molar-refractivity contribution in [2.75, 3.05) is 11.9 Å². The van der Waals surface area contributed by atoms with E-state index in [1.165, 1.54) is 17.7 Å². The maximum Gasteiger partial charge on any atom is 0.229 e. The zero-order valence-corrected chi connectivity index (χ0v) is 10.6. The van der Waals surface area contributed by atoms with Crippen LogP contribution in [0.2, 0.25) is 0 Å². The number of thiazole rings is 1. The summed E-state index contributed by atoms with van der Waals surface area (Å²) in [7, 11) is 0. The van der Waals surface area contributed by atoms with Crippen LogP contribution in [0.15, 0.2) is 0 Å². The van der Waals surface area contributed by atoms with Crippen molar-refractivity contribution in [3.05, 3.63) is 10.6 Å². The molecule has 0 atom stereocenters. The SMILES string of the molecule is O=C(Nc1nc2c(s1)CNCC2)C1CCCC1. The molecule has 0 aromatic carbocycles. The Balaban J connectivity index is 1.68. The Hall–Kier alpha value is -0.940. The van der Waals surface area contributed by atoms with Crippen molar-refractivity contribution < 1.29 is 4.79 Å². The van der Waals surface area contributed by atoms with Crippen molar-refractivity contribution in [3.63, 3.8) is 0 Å². The van der Waals surface area contributed by atoms with Crippen LogP contribution in [0.25, 0.3) is 0 Å². The van der Waals surface area contributed by atoms with Crippen LogP contribution in [0.3, 0.4) is 0 Å². The summed E-state index contributed by atoms with van der Waals surface area (Å²) in [6.07, 6.45) is 5.44. The van der Waals surface area contributed by atoms with Crippen LogP contribution < -0.4 is 10.6 Å². The summed E-state index contributed by atoms with van der Waals surface area (Å²) in [4.78, 5) is 17.8. The number of rotatable bonds is 2. The van der Waals surface area contributed by atoms with E-state index in [0.717, 1.165) is 43.2 Å². The van der Waals surface area contributed by atoms with Gasteiger partial charge in [0.25, 0.3) is 0 Å². The third-order valence-electron chi connectivity index (χ3n) is 3.56. The summed E-state index contributed by atoms with van der Waals surface area (Å²) in [5.41, 5.74) is 1.16. The molecule has 2 heterocycles. The highest BCUT2D eigenvalue weighted by Gasteiger charge is 2.24. The molecule has 4 nitrogen and oxygen atoms in total. The fourth-order valence-corrected chi connectivity index (χ4v) is 3.56. The van der Waals surface area contributed by atoms with Crippen LogP contribution in [0.1, 0.15) is 36.3 Å². The lowest BCUT2D eigenvalue weighted by Gasteiger charge is -2.09. The van der Waals surface area contributed by atoms with Crippen molar-refractivity contribution in [2.24, 2.45) is 5.92 Å². The molecule has 0 radical (unpaired) electrons. The summed E-state index contributed by atoms with van der Waals surface area (Å²) < 4.78 is 0. The summed E-state index contributed by atoms with van der Waals surface area (Å²) >= 11 is 1.62. The van der Waals surface area contributed by atoms with E-state index in [-0.39, 0.29) is 11.8 Å². The van der Waals surface area contributed by atoms with E-state index >= 15 is 0 Å². The third kappa shape index (κ3) is 2.35. The minimum atomic E-state index is 0.168. The maximum atomic E-state index is 12.0. The minimum absolute atomic E-state index is 0.168. The van der Waals surface area contributed by atoms with Crippen molar-refractivity contribution in [2.45, 2.75) is 38.6 Å². The molecule has 0 spiro atoms. The summed E-state index contributed by atoms with van der Waals surface area (Å²) in [6.45, 7) is 1.89. The van der Waals surface area contributed by atoms with Crippen LogP contribution in [-0.4, -0.2) is 17.4 Å². The van der Waals surface area contributed by atoms with Gasteiger partial charge in [0.2, 0.25) is 5.91 Å². The normalized spacial score (nSPS) is 20.2. The molecule has 0 bridgehead atoms. The molecule has 3 rings (SSSR count). The number of hydrogen-bond donors (Lipinski definition) is 2. The number of fused-ring (bicyclic) bond motifs is 1. The van der Waals surface area contributed by atoms with E-state index in [1.54, 1.807) is 11.3 Å². The first-order valence-electron chi connectivity index (χ1n) is 6.33. The highest BCUT2D eigenvalue weighted by atomic mass is 32.1. The Morgan fingerprint density at radius 3 is 3.00 bits per heavy atom. The van der Waals surface area contributed by atoms with Crippen molar-refractivity contribution >= 4 is 22.4 Å². The fourth-order valence-electron chi connectivity index (χ4n) is 2.57. The molecule has 1 amide bonds. The third-order valence-corrected chi connectivity index (χ3v) is 4.57. The lowest BCUT2D eigenvalue weighted by Crippen LogP contribution is -2.22. The molecular weight excluding hydrogens is 234 g/mol. The number of nitrogens with zero attached hydrogens (tertiary/aromatic N) is 1. The highest BCUT2D eigenvalue weighted by molar-refractivity contribution is 7.15. The molecule has 1 saturated carbocycles. The van der Waals surface area contributed by atoms with Crippen molar-refractivity contribution in [3.8, 4) is 0 Å². The zero-order chi connectivity index (χ0) is 11.7. The minimum Gasteiger partial charge on any atom is -0.311 e. The summed E-state index contributed by atoms with van der Waals surface area (Å²) in [6, 6.07) is 0. The van der Waals surface area contributed by atoms with E-state index in [4.69, 9.17) is 0 Å². The van der Waals surface area contributed by atoms with Gasteiger partial charge in [0.1, 0.15) is 0 Å². The Morgan fingerprint density at radius 2 is 2.24 bits per heavy atom. The molecule has 5 heteroatoms. The van der Waals surface area contributed by atoms with Crippen LogP contribution in [-0.2, 0) is 17.8 Å². The van der Waals surface area contributed by atoms with Gasteiger partial charge in [0.15, 0.2) is 5.13 Å². The van der Waals surface area contributed by atoms with Gasteiger partial charge in [-0.15, -0.1) is 11.3 Å². The van der Waals surface area contributed by atoms with Gasteiger partial charge in [-0.1, -0.05) is 12.8 Å². The van der Waals surface area contributed by atoms with Crippen LogP contribution in [0.5, 0.6) is 0 Å². The number of anilines is 1. The van der Waals surface area contributed by atoms with Gasteiger partial charge in [0, 0.05) is 30.3 Å². The molecule has 1 aromatic rings. The second-order valence-electron chi connectivity index (χ2n) is 4.79. The van der Waals surface area contributed by atoms with Gasteiger partial charge in [-0.05, 0) is 12.8 Å². The van der Waals surface area contributed by atoms with Gasteiger partial charge in [-0.3, -0.25) is 4.79 Å². The van der Waals surface area contributed by atoms with Gasteiger partial charge in [-0.25, -0.2) is 4.98 Å². The molecule has 2 aliphatic rings. The number of hydrogen-bond acceptors (Lipinski definition) is 4. The van der Waals surface area contributed by atoms with Crippen LogP contribution >= 0.6 is 11.3 Å². The highest BCUT2D eigenvalue weighted by Crippen LogP contribution is 2.29. The fraction of sp³-hybridized carbons (Fsp3) is 0.667. The maximum absolute atomic E-state index is 12.0. The van der Waals surface area contributed by atoms with E-state index in [0.29, 0.717) is 0 Å². The quantitative estimate of drug-likeness (QED) is 0.844. The molecule has 0 unspecified atom stereocenters. The van der Waals surface area contributed by atoms with E-state index in [9.17, 15) is 4.79 Å². The number of amides is 1. The Bertz CT molecular complexity index is 400. The predicted octanol–water partition coefficient (Wildman–Crippen LogP) is 1.92. The summed E-state index contributed by atoms with van der Waals surface area (Å²) in [5.74, 6) is 0.385. The zero-order valence-electron chi connectivity index (χ0n) is 9.79. The molecule has 92 valence electrons. The Kier molecular flexibility index (Phi) is 3.11. The number of carbonyl (C=O) groups is 1. The number of carbonyl (C=O) groups excluding carboxylic acids is 1. The number of aromatic nitrogens is 1. The second-order valence-corrected chi connectivity index (χ2v) is 5.87. The van der Waals surface area contributed by atoms with E-state index in [2.05, 4.69) is 15.6 Å². The van der Waals surface area contributed by atoms with Gasteiger partial charge < -0.3 is 10.6 Å². The Morgan fingerprint density at radius 1 is 1.41 bits per heavy atom. The Labute approximate surface area is 105 Å². The lowest BCUT2D eigenvalue weighted by molar-refractivity contribution is -0.119. The van der Waals surface area contributed by atoms with Crippen molar-refractivity contribution in [1.82, 2.24) is 10.3 Å². The van der Waals surface area contributed by atoms with Crippen LogP contribution in [0, 0.1) is 5.92 Å².